The highest BCUT2D eigenvalue weighted by Crippen LogP contribution is 2.27. The number of halogens is 1. The van der Waals surface area contributed by atoms with Crippen LogP contribution in [0.5, 0.6) is 0 Å². The number of benzene rings is 1. The van der Waals surface area contributed by atoms with E-state index in [4.69, 9.17) is 5.11 Å². The SMILES string of the molecule is O=C(O)CCN(C(=O)NCc1ccccc1Br)C1CC1. The first-order valence-electron chi connectivity index (χ1n) is 6.57. The molecule has 20 heavy (non-hydrogen) atoms. The van der Waals surface area contributed by atoms with E-state index in [1.54, 1.807) is 4.90 Å². The Balaban J connectivity index is 1.88. The molecule has 0 saturated heterocycles. The van der Waals surface area contributed by atoms with Crippen molar-refractivity contribution in [3.05, 3.63) is 34.3 Å². The van der Waals surface area contributed by atoms with Crippen molar-refractivity contribution in [3.8, 4) is 0 Å². The number of carboxylic acid groups (broad SMARTS) is 1. The molecular weight excluding hydrogens is 324 g/mol. The van der Waals surface area contributed by atoms with Gasteiger partial charge in [-0.15, -0.1) is 0 Å². The molecule has 1 aliphatic rings. The van der Waals surface area contributed by atoms with E-state index < -0.39 is 5.97 Å². The van der Waals surface area contributed by atoms with Crippen molar-refractivity contribution in [1.82, 2.24) is 10.2 Å². The third kappa shape index (κ3) is 4.23. The number of amides is 2. The van der Waals surface area contributed by atoms with Gasteiger partial charge in [0.15, 0.2) is 0 Å². The van der Waals surface area contributed by atoms with Crippen LogP contribution in [-0.4, -0.2) is 34.6 Å². The first-order chi connectivity index (χ1) is 9.58. The van der Waals surface area contributed by atoms with E-state index in [2.05, 4.69) is 21.2 Å². The molecule has 1 fully saturated rings. The number of nitrogens with one attached hydrogen (secondary N) is 1. The van der Waals surface area contributed by atoms with Gasteiger partial charge in [-0.25, -0.2) is 4.79 Å². The number of hydrogen-bond donors (Lipinski definition) is 2. The molecule has 1 aromatic carbocycles. The Kier molecular flexibility index (Phi) is 5.00. The van der Waals surface area contributed by atoms with Crippen molar-refractivity contribution in [2.24, 2.45) is 0 Å². The molecule has 0 radical (unpaired) electrons. The summed E-state index contributed by atoms with van der Waals surface area (Å²) in [4.78, 5) is 24.4. The van der Waals surface area contributed by atoms with Crippen LogP contribution in [0.25, 0.3) is 0 Å². The fourth-order valence-corrected chi connectivity index (χ4v) is 2.39. The summed E-state index contributed by atoms with van der Waals surface area (Å²) in [7, 11) is 0. The highest BCUT2D eigenvalue weighted by Gasteiger charge is 2.32. The van der Waals surface area contributed by atoms with Gasteiger partial charge in [-0.3, -0.25) is 4.79 Å². The molecule has 5 nitrogen and oxygen atoms in total. The van der Waals surface area contributed by atoms with E-state index in [1.165, 1.54) is 0 Å². The first kappa shape index (κ1) is 14.8. The standard InChI is InChI=1S/C14H17BrN2O3/c15-12-4-2-1-3-10(12)9-16-14(20)17(11-5-6-11)8-7-13(18)19/h1-4,11H,5-9H2,(H,16,20)(H,18,19). The molecule has 0 aromatic heterocycles. The second-order valence-corrected chi connectivity index (χ2v) is 5.67. The Morgan fingerprint density at radius 1 is 1.35 bits per heavy atom. The van der Waals surface area contributed by atoms with Gasteiger partial charge in [-0.05, 0) is 24.5 Å². The number of hydrogen-bond acceptors (Lipinski definition) is 2. The summed E-state index contributed by atoms with van der Waals surface area (Å²) in [6.07, 6.45) is 1.91. The molecule has 0 heterocycles. The number of nitrogens with zero attached hydrogens (tertiary/aromatic N) is 1. The van der Waals surface area contributed by atoms with Gasteiger partial charge in [-0.2, -0.15) is 0 Å². The zero-order valence-electron chi connectivity index (χ0n) is 11.0. The zero-order valence-corrected chi connectivity index (χ0v) is 12.6. The lowest BCUT2D eigenvalue weighted by atomic mass is 10.2. The molecule has 2 N–H and O–H groups in total. The second kappa shape index (κ2) is 6.74. The average Bonchev–Trinajstić information content (AvgIpc) is 3.22. The molecule has 1 saturated carbocycles. The van der Waals surface area contributed by atoms with Crippen molar-refractivity contribution in [2.45, 2.75) is 31.8 Å². The molecule has 1 aromatic rings. The predicted molar refractivity (Wildman–Crippen MR) is 78.4 cm³/mol. The van der Waals surface area contributed by atoms with Crippen LogP contribution in [0.3, 0.4) is 0 Å². The molecular formula is C14H17BrN2O3. The number of rotatable bonds is 6. The summed E-state index contributed by atoms with van der Waals surface area (Å²) < 4.78 is 0.948. The quantitative estimate of drug-likeness (QED) is 0.836. The van der Waals surface area contributed by atoms with Crippen LogP contribution >= 0.6 is 15.9 Å². The van der Waals surface area contributed by atoms with E-state index in [-0.39, 0.29) is 25.0 Å². The van der Waals surface area contributed by atoms with Crippen molar-refractivity contribution in [2.75, 3.05) is 6.54 Å². The Morgan fingerprint density at radius 3 is 2.65 bits per heavy atom. The fraction of sp³-hybridized carbons (Fsp3) is 0.429. The van der Waals surface area contributed by atoms with Gasteiger partial charge < -0.3 is 15.3 Å². The van der Waals surface area contributed by atoms with Crippen LogP contribution in [0, 0.1) is 0 Å². The summed E-state index contributed by atoms with van der Waals surface area (Å²) in [5.74, 6) is -0.880. The third-order valence-electron chi connectivity index (χ3n) is 3.20. The molecule has 0 bridgehead atoms. The molecule has 1 aliphatic carbocycles. The van der Waals surface area contributed by atoms with Gasteiger partial charge in [0.05, 0.1) is 6.42 Å². The Morgan fingerprint density at radius 2 is 2.05 bits per heavy atom. The highest BCUT2D eigenvalue weighted by atomic mass is 79.9. The van der Waals surface area contributed by atoms with Crippen molar-refractivity contribution in [3.63, 3.8) is 0 Å². The average molecular weight is 341 g/mol. The predicted octanol–water partition coefficient (Wildman–Crippen LogP) is 2.60. The molecule has 2 amide bonds. The maximum atomic E-state index is 12.1. The number of carbonyl (C=O) groups excluding carboxylic acids is 1. The Hall–Kier alpha value is -1.56. The van der Waals surface area contributed by atoms with Gasteiger partial charge >= 0.3 is 12.0 Å². The van der Waals surface area contributed by atoms with Gasteiger partial charge in [0.25, 0.3) is 0 Å². The second-order valence-electron chi connectivity index (χ2n) is 4.82. The minimum atomic E-state index is -0.880. The topological polar surface area (TPSA) is 69.6 Å². The van der Waals surface area contributed by atoms with Gasteiger partial charge in [0, 0.05) is 23.6 Å². The maximum absolute atomic E-state index is 12.1. The van der Waals surface area contributed by atoms with Crippen LogP contribution in [0.2, 0.25) is 0 Å². The van der Waals surface area contributed by atoms with Gasteiger partial charge in [0.1, 0.15) is 0 Å². The lowest BCUT2D eigenvalue weighted by molar-refractivity contribution is -0.137. The summed E-state index contributed by atoms with van der Waals surface area (Å²) >= 11 is 3.43. The lowest BCUT2D eigenvalue weighted by Crippen LogP contribution is -2.42. The molecule has 108 valence electrons. The fourth-order valence-electron chi connectivity index (χ4n) is 1.97. The minimum absolute atomic E-state index is 0.0149. The van der Waals surface area contributed by atoms with Crippen LogP contribution < -0.4 is 5.32 Å². The van der Waals surface area contributed by atoms with E-state index in [0.29, 0.717) is 6.54 Å². The van der Waals surface area contributed by atoms with Crippen LogP contribution in [0.4, 0.5) is 4.79 Å². The molecule has 0 unspecified atom stereocenters. The van der Waals surface area contributed by atoms with Crippen molar-refractivity contribution < 1.29 is 14.7 Å². The largest absolute Gasteiger partial charge is 0.481 e. The molecule has 6 heteroatoms. The number of carbonyl (C=O) groups is 2. The van der Waals surface area contributed by atoms with Crippen LogP contribution in [-0.2, 0) is 11.3 Å². The van der Waals surface area contributed by atoms with E-state index in [0.717, 1.165) is 22.9 Å². The Bertz CT molecular complexity index is 503. The summed E-state index contributed by atoms with van der Waals surface area (Å²) in [6.45, 7) is 0.693. The van der Waals surface area contributed by atoms with E-state index in [9.17, 15) is 9.59 Å². The number of urea groups is 1. The molecule has 0 aliphatic heterocycles. The molecule has 0 atom stereocenters. The van der Waals surface area contributed by atoms with E-state index in [1.807, 2.05) is 24.3 Å². The highest BCUT2D eigenvalue weighted by molar-refractivity contribution is 9.10. The van der Waals surface area contributed by atoms with Crippen molar-refractivity contribution in [1.29, 1.82) is 0 Å². The van der Waals surface area contributed by atoms with Gasteiger partial charge in [0.2, 0.25) is 0 Å². The molecule has 0 spiro atoms. The monoisotopic (exact) mass is 340 g/mol. The third-order valence-corrected chi connectivity index (χ3v) is 3.98. The summed E-state index contributed by atoms with van der Waals surface area (Å²) in [5, 5.41) is 11.6. The maximum Gasteiger partial charge on any atom is 0.317 e. The first-order valence-corrected chi connectivity index (χ1v) is 7.37. The lowest BCUT2D eigenvalue weighted by Gasteiger charge is -2.22. The molecule has 2 rings (SSSR count). The van der Waals surface area contributed by atoms with Crippen molar-refractivity contribution >= 4 is 27.9 Å². The Labute approximate surface area is 126 Å². The summed E-state index contributed by atoms with van der Waals surface area (Å²) in [6, 6.07) is 7.69. The smallest absolute Gasteiger partial charge is 0.317 e. The number of aliphatic carboxylic acids is 1. The number of carboxylic acids is 1. The van der Waals surface area contributed by atoms with E-state index >= 15 is 0 Å². The summed E-state index contributed by atoms with van der Waals surface area (Å²) in [5.41, 5.74) is 0.995. The normalized spacial score (nSPS) is 13.8. The van der Waals surface area contributed by atoms with Crippen LogP contribution in [0.15, 0.2) is 28.7 Å². The van der Waals surface area contributed by atoms with Crippen LogP contribution in [0.1, 0.15) is 24.8 Å². The minimum Gasteiger partial charge on any atom is -0.481 e. The van der Waals surface area contributed by atoms with Gasteiger partial charge in [-0.1, -0.05) is 34.1 Å². The zero-order chi connectivity index (χ0) is 14.5.